The number of hydrogen-bond donors (Lipinski definition) is 0. The number of carbonyl (C=O) groups excluding carboxylic acids is 1. The number of anilines is 1. The Balaban J connectivity index is 1.92. The first kappa shape index (κ1) is 14.4. The van der Waals surface area contributed by atoms with Crippen molar-refractivity contribution < 1.29 is 9.18 Å². The zero-order valence-electron chi connectivity index (χ0n) is 11.6. The smallest absolute Gasteiger partial charge is 0.269 e. The summed E-state index contributed by atoms with van der Waals surface area (Å²) in [4.78, 5) is 19.2. The first-order valence-corrected chi connectivity index (χ1v) is 7.63. The molecule has 0 spiro atoms. The van der Waals surface area contributed by atoms with E-state index in [-0.39, 0.29) is 11.7 Å². The SMILES string of the molecule is O=C(c1cccs1)N(Cc1ccc(F)cc1)c1ccccn1. The Morgan fingerprint density at radius 1 is 1.09 bits per heavy atom. The van der Waals surface area contributed by atoms with Gasteiger partial charge in [0.05, 0.1) is 11.4 Å². The van der Waals surface area contributed by atoms with Gasteiger partial charge in [-0.25, -0.2) is 9.37 Å². The van der Waals surface area contributed by atoms with Crippen molar-refractivity contribution >= 4 is 23.1 Å². The highest BCUT2D eigenvalue weighted by Crippen LogP contribution is 2.20. The van der Waals surface area contributed by atoms with E-state index in [0.717, 1.165) is 5.56 Å². The number of rotatable bonds is 4. The minimum atomic E-state index is -0.294. The molecule has 0 aliphatic heterocycles. The predicted octanol–water partition coefficient (Wildman–Crippen LogP) is 4.13. The second-order valence-corrected chi connectivity index (χ2v) is 5.63. The van der Waals surface area contributed by atoms with Crippen LogP contribution in [0.15, 0.2) is 66.2 Å². The van der Waals surface area contributed by atoms with E-state index in [4.69, 9.17) is 0 Å². The summed E-state index contributed by atoms with van der Waals surface area (Å²) in [6.07, 6.45) is 1.65. The lowest BCUT2D eigenvalue weighted by Gasteiger charge is -2.21. The monoisotopic (exact) mass is 312 g/mol. The number of carbonyl (C=O) groups is 1. The molecule has 1 amide bonds. The van der Waals surface area contributed by atoms with Gasteiger partial charge in [0.15, 0.2) is 0 Å². The summed E-state index contributed by atoms with van der Waals surface area (Å²) in [6.45, 7) is 0.341. The van der Waals surface area contributed by atoms with Gasteiger partial charge in [0.2, 0.25) is 0 Å². The Morgan fingerprint density at radius 3 is 2.55 bits per heavy atom. The number of aromatic nitrogens is 1. The van der Waals surface area contributed by atoms with Crippen molar-refractivity contribution in [2.24, 2.45) is 0 Å². The maximum absolute atomic E-state index is 13.0. The molecule has 0 bridgehead atoms. The van der Waals surface area contributed by atoms with Crippen LogP contribution in [-0.4, -0.2) is 10.9 Å². The molecule has 0 atom stereocenters. The molecule has 0 saturated carbocycles. The van der Waals surface area contributed by atoms with E-state index in [1.807, 2.05) is 17.5 Å². The van der Waals surface area contributed by atoms with Crippen LogP contribution < -0.4 is 4.90 Å². The van der Waals surface area contributed by atoms with E-state index >= 15 is 0 Å². The molecule has 0 saturated heterocycles. The number of amides is 1. The van der Waals surface area contributed by atoms with Crippen LogP contribution in [0.1, 0.15) is 15.2 Å². The third-order valence-corrected chi connectivity index (χ3v) is 4.01. The topological polar surface area (TPSA) is 33.2 Å². The zero-order valence-corrected chi connectivity index (χ0v) is 12.5. The maximum atomic E-state index is 13.0. The molecule has 0 fully saturated rings. The first-order chi connectivity index (χ1) is 10.7. The molecular weight excluding hydrogens is 299 g/mol. The number of pyridine rings is 1. The third-order valence-electron chi connectivity index (χ3n) is 3.16. The van der Waals surface area contributed by atoms with E-state index in [0.29, 0.717) is 17.2 Å². The van der Waals surface area contributed by atoms with Gasteiger partial charge in [-0.05, 0) is 41.3 Å². The molecule has 22 heavy (non-hydrogen) atoms. The number of halogens is 1. The van der Waals surface area contributed by atoms with Crippen LogP contribution in [0.5, 0.6) is 0 Å². The predicted molar refractivity (Wildman–Crippen MR) is 85.5 cm³/mol. The van der Waals surface area contributed by atoms with Crippen LogP contribution in [0, 0.1) is 5.82 Å². The minimum absolute atomic E-state index is 0.113. The van der Waals surface area contributed by atoms with Crippen LogP contribution in [0.25, 0.3) is 0 Å². The summed E-state index contributed by atoms with van der Waals surface area (Å²) in [5, 5.41) is 1.86. The molecular formula is C17H13FN2OS. The van der Waals surface area contributed by atoms with E-state index in [1.54, 1.807) is 41.4 Å². The van der Waals surface area contributed by atoms with Crippen molar-refractivity contribution in [3.8, 4) is 0 Å². The number of hydrogen-bond acceptors (Lipinski definition) is 3. The Labute approximate surface area is 131 Å². The Kier molecular flexibility index (Phi) is 4.25. The Morgan fingerprint density at radius 2 is 1.91 bits per heavy atom. The second kappa shape index (κ2) is 6.49. The molecule has 2 heterocycles. The van der Waals surface area contributed by atoms with Gasteiger partial charge >= 0.3 is 0 Å². The van der Waals surface area contributed by atoms with Crippen molar-refractivity contribution in [1.29, 1.82) is 0 Å². The highest BCUT2D eigenvalue weighted by Gasteiger charge is 2.19. The fourth-order valence-corrected chi connectivity index (χ4v) is 2.75. The van der Waals surface area contributed by atoms with E-state index < -0.39 is 0 Å². The van der Waals surface area contributed by atoms with Gasteiger partial charge in [0.1, 0.15) is 11.6 Å². The van der Waals surface area contributed by atoms with Gasteiger partial charge in [0, 0.05) is 6.20 Å². The number of thiophene rings is 1. The van der Waals surface area contributed by atoms with Crippen LogP contribution in [-0.2, 0) is 6.54 Å². The van der Waals surface area contributed by atoms with Gasteiger partial charge in [-0.2, -0.15) is 0 Å². The van der Waals surface area contributed by atoms with Crippen molar-refractivity contribution in [3.05, 3.63) is 82.4 Å². The summed E-state index contributed by atoms with van der Waals surface area (Å²) in [7, 11) is 0. The lowest BCUT2D eigenvalue weighted by Crippen LogP contribution is -2.30. The summed E-state index contributed by atoms with van der Waals surface area (Å²) in [6, 6.07) is 15.2. The quantitative estimate of drug-likeness (QED) is 0.726. The normalized spacial score (nSPS) is 10.4. The molecule has 0 unspecified atom stereocenters. The molecule has 1 aromatic carbocycles. The summed E-state index contributed by atoms with van der Waals surface area (Å²) in [5.74, 6) is 0.168. The lowest BCUT2D eigenvalue weighted by molar-refractivity contribution is 0.0988. The minimum Gasteiger partial charge on any atom is -0.288 e. The van der Waals surface area contributed by atoms with Crippen molar-refractivity contribution in [2.45, 2.75) is 6.54 Å². The van der Waals surface area contributed by atoms with Crippen molar-refractivity contribution in [3.63, 3.8) is 0 Å². The summed E-state index contributed by atoms with van der Waals surface area (Å²) in [5.41, 5.74) is 0.844. The average Bonchev–Trinajstić information content (AvgIpc) is 3.09. The average molecular weight is 312 g/mol. The van der Waals surface area contributed by atoms with Gasteiger partial charge < -0.3 is 0 Å². The van der Waals surface area contributed by atoms with Gasteiger partial charge in [-0.15, -0.1) is 11.3 Å². The summed E-state index contributed by atoms with van der Waals surface area (Å²) < 4.78 is 13.0. The zero-order chi connectivity index (χ0) is 15.4. The van der Waals surface area contributed by atoms with Crippen molar-refractivity contribution in [2.75, 3.05) is 4.90 Å². The fourth-order valence-electron chi connectivity index (χ4n) is 2.08. The number of benzene rings is 1. The van der Waals surface area contributed by atoms with E-state index in [9.17, 15) is 9.18 Å². The standard InChI is InChI=1S/C17H13FN2OS/c18-14-8-6-13(7-9-14)12-20(16-5-1-2-10-19-16)17(21)15-4-3-11-22-15/h1-11H,12H2. The Bertz CT molecular complexity index is 742. The molecule has 0 aliphatic rings. The molecule has 0 radical (unpaired) electrons. The van der Waals surface area contributed by atoms with E-state index in [1.165, 1.54) is 23.5 Å². The molecule has 3 aromatic rings. The van der Waals surface area contributed by atoms with Crippen molar-refractivity contribution in [1.82, 2.24) is 4.98 Å². The van der Waals surface area contributed by atoms with Gasteiger partial charge in [0.25, 0.3) is 5.91 Å². The molecule has 5 heteroatoms. The van der Waals surface area contributed by atoms with Crippen LogP contribution in [0.3, 0.4) is 0 Å². The first-order valence-electron chi connectivity index (χ1n) is 6.75. The molecule has 3 nitrogen and oxygen atoms in total. The largest absolute Gasteiger partial charge is 0.288 e. The Hall–Kier alpha value is -2.53. The highest BCUT2D eigenvalue weighted by atomic mass is 32.1. The summed E-state index contributed by atoms with van der Waals surface area (Å²) >= 11 is 1.39. The molecule has 0 N–H and O–H groups in total. The third kappa shape index (κ3) is 3.20. The van der Waals surface area contributed by atoms with Crippen LogP contribution in [0.4, 0.5) is 10.2 Å². The highest BCUT2D eigenvalue weighted by molar-refractivity contribution is 7.12. The lowest BCUT2D eigenvalue weighted by atomic mass is 10.2. The molecule has 0 aliphatic carbocycles. The van der Waals surface area contributed by atoms with Gasteiger partial charge in [-0.1, -0.05) is 24.3 Å². The maximum Gasteiger partial charge on any atom is 0.269 e. The second-order valence-electron chi connectivity index (χ2n) is 4.68. The fraction of sp³-hybridized carbons (Fsp3) is 0.0588. The molecule has 110 valence electrons. The molecule has 3 rings (SSSR count). The molecule has 2 aromatic heterocycles. The number of nitrogens with zero attached hydrogens (tertiary/aromatic N) is 2. The van der Waals surface area contributed by atoms with E-state index in [2.05, 4.69) is 4.98 Å². The van der Waals surface area contributed by atoms with Crippen LogP contribution >= 0.6 is 11.3 Å². The van der Waals surface area contributed by atoms with Crippen LogP contribution in [0.2, 0.25) is 0 Å². The van der Waals surface area contributed by atoms with Gasteiger partial charge in [-0.3, -0.25) is 9.69 Å².